The Bertz CT molecular complexity index is 831. The first-order valence-electron chi connectivity index (χ1n) is 8.74. The van der Waals surface area contributed by atoms with Crippen molar-refractivity contribution in [2.45, 2.75) is 26.4 Å². The van der Waals surface area contributed by atoms with Gasteiger partial charge < -0.3 is 14.5 Å². The second kappa shape index (κ2) is 7.46. The Morgan fingerprint density at radius 2 is 1.81 bits per heavy atom. The van der Waals surface area contributed by atoms with E-state index in [1.165, 1.54) is 18.5 Å². The molecule has 8 heteroatoms. The number of hydrogen-bond acceptors (Lipinski definition) is 5. The van der Waals surface area contributed by atoms with Crippen molar-refractivity contribution in [1.82, 2.24) is 14.9 Å². The zero-order chi connectivity index (χ0) is 19.6. The van der Waals surface area contributed by atoms with E-state index in [4.69, 9.17) is 4.74 Å². The lowest BCUT2D eigenvalue weighted by Gasteiger charge is -2.36. The molecule has 27 heavy (non-hydrogen) atoms. The van der Waals surface area contributed by atoms with E-state index in [9.17, 15) is 13.6 Å². The summed E-state index contributed by atoms with van der Waals surface area (Å²) in [5.41, 5.74) is -0.136. The van der Waals surface area contributed by atoms with Gasteiger partial charge in [-0.25, -0.2) is 23.5 Å². The van der Waals surface area contributed by atoms with Crippen molar-refractivity contribution in [1.29, 1.82) is 0 Å². The normalized spacial score (nSPS) is 15.0. The van der Waals surface area contributed by atoms with Gasteiger partial charge in [-0.05, 0) is 32.9 Å². The molecular formula is C19H22F2N4O2. The third-order valence-electron chi connectivity index (χ3n) is 4.14. The quantitative estimate of drug-likeness (QED) is 0.803. The molecule has 0 N–H and O–H groups in total. The van der Waals surface area contributed by atoms with Gasteiger partial charge in [0.15, 0.2) is 11.6 Å². The van der Waals surface area contributed by atoms with Crippen molar-refractivity contribution in [3.63, 3.8) is 0 Å². The lowest BCUT2D eigenvalue weighted by atomic mass is 10.1. The fourth-order valence-electron chi connectivity index (χ4n) is 2.81. The molecule has 1 aliphatic heterocycles. The van der Waals surface area contributed by atoms with Crippen molar-refractivity contribution in [3.05, 3.63) is 42.2 Å². The summed E-state index contributed by atoms with van der Waals surface area (Å²) in [5, 5.41) is 0. The molecule has 0 spiro atoms. The predicted molar refractivity (Wildman–Crippen MR) is 97.4 cm³/mol. The Kier molecular flexibility index (Phi) is 5.25. The van der Waals surface area contributed by atoms with Crippen LogP contribution in [0.1, 0.15) is 20.8 Å². The highest BCUT2D eigenvalue weighted by atomic mass is 19.2. The Labute approximate surface area is 156 Å². The van der Waals surface area contributed by atoms with Crippen LogP contribution in [0.25, 0.3) is 11.3 Å². The number of carbonyl (C=O) groups is 1. The van der Waals surface area contributed by atoms with E-state index in [2.05, 4.69) is 9.97 Å². The van der Waals surface area contributed by atoms with Crippen LogP contribution in [0, 0.1) is 11.6 Å². The standard InChI is InChI=1S/C19H22F2N4O2/c1-19(2,3)27-18(26)25-9-7-24(8-10-25)16-11-15(22-12-23-16)13-5-4-6-14(20)17(13)21/h4-6,11-12H,7-10H2,1-3H3. The van der Waals surface area contributed by atoms with Crippen molar-refractivity contribution < 1.29 is 18.3 Å². The monoisotopic (exact) mass is 376 g/mol. The molecule has 0 atom stereocenters. The minimum Gasteiger partial charge on any atom is -0.444 e. The summed E-state index contributed by atoms with van der Waals surface area (Å²) in [7, 11) is 0. The number of halogens is 2. The van der Waals surface area contributed by atoms with Gasteiger partial charge in [0.1, 0.15) is 17.7 Å². The molecule has 144 valence electrons. The number of hydrogen-bond donors (Lipinski definition) is 0. The SMILES string of the molecule is CC(C)(C)OC(=O)N1CCN(c2cc(-c3cccc(F)c3F)ncn2)CC1. The second-order valence-electron chi connectivity index (χ2n) is 7.32. The van der Waals surface area contributed by atoms with Crippen LogP contribution in [0.15, 0.2) is 30.6 Å². The number of nitrogens with zero attached hydrogens (tertiary/aromatic N) is 4. The molecule has 1 aromatic carbocycles. The molecule has 1 amide bonds. The van der Waals surface area contributed by atoms with Gasteiger partial charge in [0.2, 0.25) is 0 Å². The van der Waals surface area contributed by atoms with Gasteiger partial charge in [-0.1, -0.05) is 6.07 Å². The van der Waals surface area contributed by atoms with Crippen molar-refractivity contribution in [3.8, 4) is 11.3 Å². The Morgan fingerprint density at radius 1 is 1.11 bits per heavy atom. The molecular weight excluding hydrogens is 354 g/mol. The Hall–Kier alpha value is -2.77. The number of ether oxygens (including phenoxy) is 1. The molecule has 2 heterocycles. The van der Waals surface area contributed by atoms with Crippen molar-refractivity contribution >= 4 is 11.9 Å². The molecule has 6 nitrogen and oxygen atoms in total. The molecule has 0 aliphatic carbocycles. The van der Waals surface area contributed by atoms with Gasteiger partial charge in [0, 0.05) is 37.8 Å². The topological polar surface area (TPSA) is 58.6 Å². The van der Waals surface area contributed by atoms with Gasteiger partial charge in [0.05, 0.1) is 5.69 Å². The maximum atomic E-state index is 14.0. The van der Waals surface area contributed by atoms with Crippen LogP contribution in [0.4, 0.5) is 19.4 Å². The maximum absolute atomic E-state index is 14.0. The molecule has 1 aromatic heterocycles. The van der Waals surface area contributed by atoms with Crippen LogP contribution in [0.5, 0.6) is 0 Å². The van der Waals surface area contributed by atoms with Crippen LogP contribution < -0.4 is 4.90 Å². The molecule has 0 bridgehead atoms. The predicted octanol–water partition coefficient (Wildman–Crippen LogP) is 3.48. The van der Waals surface area contributed by atoms with E-state index in [1.807, 2.05) is 25.7 Å². The summed E-state index contributed by atoms with van der Waals surface area (Å²) < 4.78 is 32.9. The van der Waals surface area contributed by atoms with E-state index in [0.29, 0.717) is 37.7 Å². The lowest BCUT2D eigenvalue weighted by Crippen LogP contribution is -2.50. The molecule has 1 fully saturated rings. The molecule has 0 radical (unpaired) electrons. The van der Waals surface area contributed by atoms with Gasteiger partial charge in [-0.2, -0.15) is 0 Å². The maximum Gasteiger partial charge on any atom is 0.410 e. The number of carbonyl (C=O) groups excluding carboxylic acids is 1. The van der Waals surface area contributed by atoms with Crippen LogP contribution in [-0.2, 0) is 4.74 Å². The summed E-state index contributed by atoms with van der Waals surface area (Å²) in [4.78, 5) is 24.1. The third-order valence-corrected chi connectivity index (χ3v) is 4.14. The van der Waals surface area contributed by atoms with Gasteiger partial charge >= 0.3 is 6.09 Å². The van der Waals surface area contributed by atoms with Crippen LogP contribution >= 0.6 is 0 Å². The number of amides is 1. The summed E-state index contributed by atoms with van der Waals surface area (Å²) in [5.74, 6) is -1.25. The van der Waals surface area contributed by atoms with E-state index < -0.39 is 17.2 Å². The number of anilines is 1. The lowest BCUT2D eigenvalue weighted by molar-refractivity contribution is 0.0240. The average Bonchev–Trinajstić information content (AvgIpc) is 2.63. The fourth-order valence-corrected chi connectivity index (χ4v) is 2.81. The molecule has 0 saturated carbocycles. The van der Waals surface area contributed by atoms with Crippen LogP contribution in [-0.4, -0.2) is 52.7 Å². The number of rotatable bonds is 2. The zero-order valence-electron chi connectivity index (χ0n) is 15.6. The number of aromatic nitrogens is 2. The highest BCUT2D eigenvalue weighted by Crippen LogP contribution is 2.25. The third kappa shape index (κ3) is 4.50. The van der Waals surface area contributed by atoms with E-state index in [1.54, 1.807) is 11.0 Å². The minimum atomic E-state index is -0.933. The summed E-state index contributed by atoms with van der Waals surface area (Å²) >= 11 is 0. The first-order chi connectivity index (χ1) is 12.7. The number of benzene rings is 1. The highest BCUT2D eigenvalue weighted by molar-refractivity contribution is 5.69. The Balaban J connectivity index is 1.70. The minimum absolute atomic E-state index is 0.0889. The van der Waals surface area contributed by atoms with Crippen molar-refractivity contribution in [2.24, 2.45) is 0 Å². The molecule has 2 aromatic rings. The van der Waals surface area contributed by atoms with E-state index >= 15 is 0 Å². The van der Waals surface area contributed by atoms with Crippen LogP contribution in [0.3, 0.4) is 0 Å². The van der Waals surface area contributed by atoms with Gasteiger partial charge in [-0.3, -0.25) is 0 Å². The summed E-state index contributed by atoms with van der Waals surface area (Å²) in [6.07, 6.45) is 0.988. The first kappa shape index (κ1) is 19.0. The van der Waals surface area contributed by atoms with Crippen molar-refractivity contribution in [2.75, 3.05) is 31.1 Å². The number of piperazine rings is 1. The molecule has 1 saturated heterocycles. The molecule has 1 aliphatic rings. The highest BCUT2D eigenvalue weighted by Gasteiger charge is 2.26. The van der Waals surface area contributed by atoms with Crippen LogP contribution in [0.2, 0.25) is 0 Å². The largest absolute Gasteiger partial charge is 0.444 e. The fraction of sp³-hybridized carbons (Fsp3) is 0.421. The van der Waals surface area contributed by atoms with E-state index in [0.717, 1.165) is 6.07 Å². The van der Waals surface area contributed by atoms with Gasteiger partial charge in [0.25, 0.3) is 0 Å². The molecule has 3 rings (SSSR count). The second-order valence-corrected chi connectivity index (χ2v) is 7.32. The smallest absolute Gasteiger partial charge is 0.410 e. The van der Waals surface area contributed by atoms with Gasteiger partial charge in [-0.15, -0.1) is 0 Å². The Morgan fingerprint density at radius 3 is 2.48 bits per heavy atom. The summed E-state index contributed by atoms with van der Waals surface area (Å²) in [6, 6.07) is 5.61. The van der Waals surface area contributed by atoms with E-state index in [-0.39, 0.29) is 11.7 Å². The summed E-state index contributed by atoms with van der Waals surface area (Å²) in [6.45, 7) is 7.58. The average molecular weight is 376 g/mol. The first-order valence-corrected chi connectivity index (χ1v) is 8.74. The molecule has 0 unspecified atom stereocenters. The zero-order valence-corrected chi connectivity index (χ0v) is 15.6.